The molecular formula is C19H14N2O4S2. The molecule has 2 amide bonds. The first-order valence-electron chi connectivity index (χ1n) is 8.12. The van der Waals surface area contributed by atoms with Gasteiger partial charge in [0.05, 0.1) is 4.91 Å². The van der Waals surface area contributed by atoms with E-state index in [9.17, 15) is 9.59 Å². The van der Waals surface area contributed by atoms with Crippen molar-refractivity contribution < 1.29 is 19.2 Å². The Morgan fingerprint density at radius 1 is 1.22 bits per heavy atom. The lowest BCUT2D eigenvalue weighted by Crippen LogP contribution is -2.38. The van der Waals surface area contributed by atoms with Gasteiger partial charge in [-0.15, -0.1) is 0 Å². The molecule has 1 fully saturated rings. The van der Waals surface area contributed by atoms with Gasteiger partial charge >= 0.3 is 0 Å². The van der Waals surface area contributed by atoms with E-state index in [1.165, 1.54) is 16.8 Å². The van der Waals surface area contributed by atoms with E-state index >= 15 is 0 Å². The van der Waals surface area contributed by atoms with Crippen molar-refractivity contribution in [1.29, 1.82) is 0 Å². The summed E-state index contributed by atoms with van der Waals surface area (Å²) < 4.78 is 5.91. The van der Waals surface area contributed by atoms with Gasteiger partial charge < -0.3 is 10.1 Å². The Labute approximate surface area is 165 Å². The third kappa shape index (κ3) is 3.87. The summed E-state index contributed by atoms with van der Waals surface area (Å²) in [6.07, 6.45) is 1.72. The summed E-state index contributed by atoms with van der Waals surface area (Å²) >= 11 is 6.20. The zero-order valence-corrected chi connectivity index (χ0v) is 15.6. The van der Waals surface area contributed by atoms with E-state index < -0.39 is 0 Å². The second-order valence-electron chi connectivity index (χ2n) is 5.82. The molecule has 0 atom stereocenters. The number of fused-ring (bicyclic) bond motifs is 1. The van der Waals surface area contributed by atoms with Crippen LogP contribution in [0, 0.1) is 0 Å². The average Bonchev–Trinajstić information content (AvgIpc) is 2.98. The van der Waals surface area contributed by atoms with Gasteiger partial charge in [0.2, 0.25) is 0 Å². The predicted molar refractivity (Wildman–Crippen MR) is 107 cm³/mol. The highest BCUT2D eigenvalue weighted by atomic mass is 32.2. The number of nitrogens with one attached hydrogen (secondary N) is 1. The van der Waals surface area contributed by atoms with Gasteiger partial charge in [-0.1, -0.05) is 60.4 Å². The van der Waals surface area contributed by atoms with E-state index in [-0.39, 0.29) is 25.0 Å². The molecule has 0 saturated carbocycles. The number of rotatable bonds is 4. The van der Waals surface area contributed by atoms with Crippen molar-refractivity contribution in [3.63, 3.8) is 0 Å². The Hall–Kier alpha value is -2.68. The minimum atomic E-state index is -0.294. The van der Waals surface area contributed by atoms with Gasteiger partial charge in [0.1, 0.15) is 22.4 Å². The Kier molecular flexibility index (Phi) is 4.93. The molecule has 2 aromatic carbocycles. The summed E-state index contributed by atoms with van der Waals surface area (Å²) in [6.45, 7) is 0.165. The normalized spacial score (nSPS) is 17.7. The van der Waals surface area contributed by atoms with Crippen molar-refractivity contribution in [3.8, 4) is 5.75 Å². The van der Waals surface area contributed by atoms with E-state index in [1.54, 1.807) is 18.2 Å². The average molecular weight is 398 g/mol. The van der Waals surface area contributed by atoms with Crippen LogP contribution in [0.25, 0.3) is 6.08 Å². The monoisotopic (exact) mass is 398 g/mol. The fourth-order valence-corrected chi connectivity index (χ4v) is 3.71. The summed E-state index contributed by atoms with van der Waals surface area (Å²) in [4.78, 5) is 30.4. The zero-order chi connectivity index (χ0) is 18.8. The number of amides is 2. The number of anilines is 1. The maximum atomic E-state index is 12.3. The van der Waals surface area contributed by atoms with Crippen LogP contribution in [0.1, 0.15) is 11.1 Å². The van der Waals surface area contributed by atoms with Crippen molar-refractivity contribution in [1.82, 2.24) is 5.32 Å². The first kappa shape index (κ1) is 17.7. The molecule has 0 aromatic heterocycles. The molecule has 1 saturated heterocycles. The van der Waals surface area contributed by atoms with E-state index in [0.29, 0.717) is 20.7 Å². The fourth-order valence-electron chi connectivity index (χ4n) is 2.66. The van der Waals surface area contributed by atoms with Crippen molar-refractivity contribution >= 4 is 51.9 Å². The van der Waals surface area contributed by atoms with Crippen LogP contribution in [-0.4, -0.2) is 22.7 Å². The first-order valence-corrected chi connectivity index (χ1v) is 9.34. The second kappa shape index (κ2) is 7.51. The highest BCUT2D eigenvalue weighted by Crippen LogP contribution is 2.35. The highest BCUT2D eigenvalue weighted by molar-refractivity contribution is 8.26. The maximum Gasteiger partial charge on any atom is 0.288 e. The van der Waals surface area contributed by atoms with Crippen molar-refractivity contribution in [3.05, 3.63) is 64.6 Å². The largest absolute Gasteiger partial charge is 0.481 e. The van der Waals surface area contributed by atoms with Crippen molar-refractivity contribution in [2.75, 3.05) is 11.7 Å². The first-order chi connectivity index (χ1) is 13.1. The molecule has 1 N–H and O–H groups in total. The van der Waals surface area contributed by atoms with Crippen molar-refractivity contribution in [2.45, 2.75) is 6.61 Å². The topological polar surface area (TPSA) is 67.9 Å². The van der Waals surface area contributed by atoms with Crippen LogP contribution in [0.15, 0.2) is 53.4 Å². The van der Waals surface area contributed by atoms with Crippen LogP contribution in [0.5, 0.6) is 5.75 Å². The van der Waals surface area contributed by atoms with E-state index in [2.05, 4.69) is 5.32 Å². The number of benzene rings is 2. The molecule has 0 unspecified atom stereocenters. The van der Waals surface area contributed by atoms with Gasteiger partial charge in [-0.3, -0.25) is 14.4 Å². The maximum absolute atomic E-state index is 12.3. The van der Waals surface area contributed by atoms with E-state index in [4.69, 9.17) is 21.8 Å². The van der Waals surface area contributed by atoms with E-state index in [0.717, 1.165) is 11.1 Å². The summed E-state index contributed by atoms with van der Waals surface area (Å²) in [5.74, 6) is 0.0217. The van der Waals surface area contributed by atoms with E-state index in [1.807, 2.05) is 36.4 Å². The molecule has 0 aliphatic carbocycles. The third-order valence-corrected chi connectivity index (χ3v) is 5.09. The standard InChI is InChI=1S/C19H14N2O4S2/c22-17-11-24-15-7-6-13(9-16-18(23)20-19(26)27-16)8-14(15)21(17)25-10-12-4-2-1-3-5-12/h1-9H,10-11H2,(H,20,23,26). The Morgan fingerprint density at radius 3 is 2.78 bits per heavy atom. The lowest BCUT2D eigenvalue weighted by Gasteiger charge is -2.28. The Bertz CT molecular complexity index is 959. The number of ether oxygens (including phenoxy) is 1. The van der Waals surface area contributed by atoms with Gasteiger partial charge in [-0.05, 0) is 29.3 Å². The van der Waals surface area contributed by atoms with Gasteiger partial charge in [0, 0.05) is 0 Å². The number of carbonyl (C=O) groups is 2. The molecule has 0 radical (unpaired) electrons. The van der Waals surface area contributed by atoms with Crippen LogP contribution in [-0.2, 0) is 21.0 Å². The second-order valence-corrected chi connectivity index (χ2v) is 7.53. The van der Waals surface area contributed by atoms with Crippen LogP contribution in [0.4, 0.5) is 5.69 Å². The number of thiocarbonyl (C=S) groups is 1. The van der Waals surface area contributed by atoms with Crippen LogP contribution >= 0.6 is 24.0 Å². The summed E-state index contributed by atoms with van der Waals surface area (Å²) in [6, 6.07) is 14.9. The number of carbonyl (C=O) groups excluding carboxylic acids is 2. The molecule has 136 valence electrons. The fraction of sp³-hybridized carbons (Fsp3) is 0.105. The molecule has 6 nitrogen and oxygen atoms in total. The quantitative estimate of drug-likeness (QED) is 0.631. The van der Waals surface area contributed by atoms with Crippen LogP contribution in [0.2, 0.25) is 0 Å². The Balaban J connectivity index is 1.60. The van der Waals surface area contributed by atoms with Crippen LogP contribution in [0.3, 0.4) is 0 Å². The molecule has 4 rings (SSSR count). The molecule has 27 heavy (non-hydrogen) atoms. The molecule has 2 aromatic rings. The van der Waals surface area contributed by atoms with Crippen LogP contribution < -0.4 is 15.1 Å². The lowest BCUT2D eigenvalue weighted by molar-refractivity contribution is -0.129. The molecule has 0 spiro atoms. The minimum absolute atomic E-state index is 0.0885. The highest BCUT2D eigenvalue weighted by Gasteiger charge is 2.28. The summed E-state index contributed by atoms with van der Waals surface area (Å²) in [7, 11) is 0. The molecular weight excluding hydrogens is 384 g/mol. The SMILES string of the molecule is O=C1NC(=S)SC1=Cc1ccc2c(c1)N(OCc1ccccc1)C(=O)CO2. The molecule has 2 aliphatic rings. The summed E-state index contributed by atoms with van der Waals surface area (Å²) in [5.41, 5.74) is 2.19. The minimum Gasteiger partial charge on any atom is -0.481 e. The number of nitrogens with zero attached hydrogens (tertiary/aromatic N) is 1. The number of hydroxylamine groups is 1. The Morgan fingerprint density at radius 2 is 2.04 bits per heavy atom. The molecule has 2 heterocycles. The number of hydrogen-bond acceptors (Lipinski definition) is 6. The zero-order valence-electron chi connectivity index (χ0n) is 14.0. The van der Waals surface area contributed by atoms with Gasteiger partial charge in [0.25, 0.3) is 11.8 Å². The smallest absolute Gasteiger partial charge is 0.288 e. The number of hydrogen-bond donors (Lipinski definition) is 1. The third-order valence-electron chi connectivity index (χ3n) is 3.92. The number of thioether (sulfide) groups is 1. The summed E-state index contributed by atoms with van der Waals surface area (Å²) in [5, 5.41) is 3.83. The molecule has 2 aliphatic heterocycles. The van der Waals surface area contributed by atoms with Gasteiger partial charge in [0.15, 0.2) is 6.61 Å². The van der Waals surface area contributed by atoms with Gasteiger partial charge in [-0.2, -0.15) is 5.06 Å². The van der Waals surface area contributed by atoms with Gasteiger partial charge in [-0.25, -0.2) is 0 Å². The molecule has 0 bridgehead atoms. The predicted octanol–water partition coefficient (Wildman–Crippen LogP) is 3.03. The van der Waals surface area contributed by atoms with Crippen molar-refractivity contribution in [2.24, 2.45) is 0 Å². The lowest BCUT2D eigenvalue weighted by atomic mass is 10.1. The molecule has 8 heteroatoms.